The first-order chi connectivity index (χ1) is 12.1. The van der Waals surface area contributed by atoms with Crippen molar-refractivity contribution in [2.75, 3.05) is 14.2 Å². The number of amides is 1. The van der Waals surface area contributed by atoms with E-state index in [0.29, 0.717) is 17.3 Å². The summed E-state index contributed by atoms with van der Waals surface area (Å²) in [5.41, 5.74) is 2.13. The minimum absolute atomic E-state index is 0.207. The zero-order valence-electron chi connectivity index (χ0n) is 14.0. The molecule has 0 saturated carbocycles. The number of benzene rings is 2. The Morgan fingerprint density at radius 2 is 1.84 bits per heavy atom. The van der Waals surface area contributed by atoms with Crippen molar-refractivity contribution in [2.24, 2.45) is 0 Å². The van der Waals surface area contributed by atoms with Gasteiger partial charge in [0.15, 0.2) is 11.4 Å². The Morgan fingerprint density at radius 3 is 2.48 bits per heavy atom. The van der Waals surface area contributed by atoms with Crippen LogP contribution >= 0.6 is 11.6 Å². The smallest absolute Gasteiger partial charge is 0.278 e. The van der Waals surface area contributed by atoms with Crippen LogP contribution in [0.2, 0.25) is 5.02 Å². The Bertz CT molecular complexity index is 860. The summed E-state index contributed by atoms with van der Waals surface area (Å²) in [5, 5.41) is 5.07. The largest absolute Gasteiger partial charge is 0.493 e. The molecule has 5 nitrogen and oxygen atoms in total. The van der Waals surface area contributed by atoms with E-state index < -0.39 is 0 Å². The molecule has 3 rings (SSSR count). The molecular formula is C19H18ClN3O2. The van der Waals surface area contributed by atoms with Gasteiger partial charge < -0.3 is 9.64 Å². The molecule has 0 bridgehead atoms. The highest BCUT2D eigenvalue weighted by Gasteiger charge is 2.21. The normalized spacial score (nSPS) is 10.5. The van der Waals surface area contributed by atoms with Crippen molar-refractivity contribution in [3.63, 3.8) is 0 Å². The average molecular weight is 356 g/mol. The molecule has 1 heterocycles. The highest BCUT2D eigenvalue weighted by atomic mass is 35.5. The van der Waals surface area contributed by atoms with Gasteiger partial charge >= 0.3 is 0 Å². The summed E-state index contributed by atoms with van der Waals surface area (Å²) < 4.78 is 6.98. The van der Waals surface area contributed by atoms with Gasteiger partial charge in [-0.2, -0.15) is 5.10 Å². The SMILES string of the molecule is COc1cn(-c2ccccc2)nc1C(=O)N(C)Cc1ccc(Cl)cc1. The van der Waals surface area contributed by atoms with E-state index in [1.54, 1.807) is 35.0 Å². The zero-order valence-corrected chi connectivity index (χ0v) is 14.8. The molecule has 0 unspecified atom stereocenters. The maximum absolute atomic E-state index is 12.8. The number of carbonyl (C=O) groups is 1. The van der Waals surface area contributed by atoms with Crippen LogP contribution in [0.5, 0.6) is 5.75 Å². The van der Waals surface area contributed by atoms with Crippen LogP contribution in [0.4, 0.5) is 0 Å². The van der Waals surface area contributed by atoms with Crippen molar-refractivity contribution < 1.29 is 9.53 Å². The molecule has 0 atom stereocenters. The molecule has 6 heteroatoms. The molecular weight excluding hydrogens is 338 g/mol. The van der Waals surface area contributed by atoms with Crippen LogP contribution < -0.4 is 4.74 Å². The molecule has 25 heavy (non-hydrogen) atoms. The van der Waals surface area contributed by atoms with E-state index in [1.807, 2.05) is 42.5 Å². The molecule has 0 aliphatic carbocycles. The van der Waals surface area contributed by atoms with Crippen LogP contribution in [0.1, 0.15) is 16.1 Å². The lowest BCUT2D eigenvalue weighted by molar-refractivity contribution is 0.0775. The highest BCUT2D eigenvalue weighted by Crippen LogP contribution is 2.21. The van der Waals surface area contributed by atoms with Gasteiger partial charge in [-0.25, -0.2) is 4.68 Å². The predicted octanol–water partition coefficient (Wildman–Crippen LogP) is 3.81. The molecule has 2 aromatic carbocycles. The molecule has 0 saturated heterocycles. The maximum Gasteiger partial charge on any atom is 0.278 e. The van der Waals surface area contributed by atoms with Gasteiger partial charge in [0.05, 0.1) is 19.0 Å². The van der Waals surface area contributed by atoms with Crippen molar-refractivity contribution >= 4 is 17.5 Å². The number of hydrogen-bond acceptors (Lipinski definition) is 3. The quantitative estimate of drug-likeness (QED) is 0.699. The minimum Gasteiger partial charge on any atom is -0.493 e. The van der Waals surface area contributed by atoms with E-state index in [4.69, 9.17) is 16.3 Å². The van der Waals surface area contributed by atoms with E-state index in [9.17, 15) is 4.79 Å². The molecule has 0 spiro atoms. The molecule has 1 aromatic heterocycles. The predicted molar refractivity (Wildman–Crippen MR) is 97.4 cm³/mol. The van der Waals surface area contributed by atoms with E-state index in [-0.39, 0.29) is 11.6 Å². The average Bonchev–Trinajstić information content (AvgIpc) is 3.08. The molecule has 0 aliphatic rings. The van der Waals surface area contributed by atoms with Gasteiger partial charge in [-0.15, -0.1) is 0 Å². The van der Waals surface area contributed by atoms with Gasteiger partial charge in [-0.3, -0.25) is 4.79 Å². The zero-order chi connectivity index (χ0) is 17.8. The van der Waals surface area contributed by atoms with Gasteiger partial charge in [0, 0.05) is 18.6 Å². The summed E-state index contributed by atoms with van der Waals surface area (Å²) in [6.07, 6.45) is 1.71. The Morgan fingerprint density at radius 1 is 1.16 bits per heavy atom. The van der Waals surface area contributed by atoms with Gasteiger partial charge in [0.25, 0.3) is 5.91 Å². The summed E-state index contributed by atoms with van der Waals surface area (Å²) in [4.78, 5) is 14.4. The Labute approximate surface area is 151 Å². The second-order valence-electron chi connectivity index (χ2n) is 5.61. The first-order valence-electron chi connectivity index (χ1n) is 7.77. The fourth-order valence-electron chi connectivity index (χ4n) is 2.48. The van der Waals surface area contributed by atoms with Crippen LogP contribution in [0.3, 0.4) is 0 Å². The van der Waals surface area contributed by atoms with E-state index in [0.717, 1.165) is 11.3 Å². The lowest BCUT2D eigenvalue weighted by Gasteiger charge is -2.16. The molecule has 128 valence electrons. The summed E-state index contributed by atoms with van der Waals surface area (Å²) >= 11 is 5.90. The van der Waals surface area contributed by atoms with Crippen molar-refractivity contribution in [3.8, 4) is 11.4 Å². The fraction of sp³-hybridized carbons (Fsp3) is 0.158. The van der Waals surface area contributed by atoms with Crippen LogP contribution in [-0.4, -0.2) is 34.7 Å². The van der Waals surface area contributed by atoms with E-state index >= 15 is 0 Å². The standard InChI is InChI=1S/C19H18ClN3O2/c1-22(12-14-8-10-15(20)11-9-14)19(24)18-17(25-2)13-23(21-18)16-6-4-3-5-7-16/h3-11,13H,12H2,1-2H3. The molecule has 1 amide bonds. The van der Waals surface area contributed by atoms with Gasteiger partial charge in [0.1, 0.15) is 0 Å². The Balaban J connectivity index is 1.83. The summed E-state index contributed by atoms with van der Waals surface area (Å²) in [7, 11) is 3.26. The number of nitrogens with zero attached hydrogens (tertiary/aromatic N) is 3. The summed E-state index contributed by atoms with van der Waals surface area (Å²) in [6, 6.07) is 17.0. The van der Waals surface area contributed by atoms with E-state index in [2.05, 4.69) is 5.10 Å². The van der Waals surface area contributed by atoms with Gasteiger partial charge in [0.2, 0.25) is 0 Å². The summed E-state index contributed by atoms with van der Waals surface area (Å²) in [6.45, 7) is 0.456. The summed E-state index contributed by atoms with van der Waals surface area (Å²) in [5.74, 6) is 0.235. The topological polar surface area (TPSA) is 47.4 Å². The molecule has 0 N–H and O–H groups in total. The molecule has 0 fully saturated rings. The first-order valence-corrected chi connectivity index (χ1v) is 8.15. The van der Waals surface area contributed by atoms with Crippen molar-refractivity contribution in [1.82, 2.24) is 14.7 Å². The number of ether oxygens (including phenoxy) is 1. The number of hydrogen-bond donors (Lipinski definition) is 0. The highest BCUT2D eigenvalue weighted by molar-refractivity contribution is 6.30. The van der Waals surface area contributed by atoms with Crippen LogP contribution in [0.15, 0.2) is 60.8 Å². The van der Waals surface area contributed by atoms with Crippen molar-refractivity contribution in [1.29, 1.82) is 0 Å². The fourth-order valence-corrected chi connectivity index (χ4v) is 2.61. The number of rotatable bonds is 5. The molecule has 0 radical (unpaired) electrons. The number of methoxy groups -OCH3 is 1. The number of para-hydroxylation sites is 1. The minimum atomic E-state index is -0.207. The van der Waals surface area contributed by atoms with Gasteiger partial charge in [-0.05, 0) is 29.8 Å². The van der Waals surface area contributed by atoms with Gasteiger partial charge in [-0.1, -0.05) is 41.9 Å². The Kier molecular flexibility index (Phi) is 5.05. The number of carbonyl (C=O) groups excluding carboxylic acids is 1. The Hall–Kier alpha value is -2.79. The third-order valence-corrected chi connectivity index (χ3v) is 4.06. The monoisotopic (exact) mass is 355 g/mol. The van der Waals surface area contributed by atoms with E-state index in [1.165, 1.54) is 7.11 Å². The van der Waals surface area contributed by atoms with Crippen molar-refractivity contribution in [3.05, 3.63) is 77.1 Å². The second kappa shape index (κ2) is 7.40. The first kappa shape index (κ1) is 17.0. The van der Waals surface area contributed by atoms with Crippen LogP contribution in [-0.2, 0) is 6.54 Å². The third-order valence-electron chi connectivity index (χ3n) is 3.80. The maximum atomic E-state index is 12.8. The molecule has 0 aliphatic heterocycles. The van der Waals surface area contributed by atoms with Crippen LogP contribution in [0, 0.1) is 0 Å². The second-order valence-corrected chi connectivity index (χ2v) is 6.05. The number of aromatic nitrogens is 2. The number of halogens is 1. The molecule has 3 aromatic rings. The third kappa shape index (κ3) is 3.83. The van der Waals surface area contributed by atoms with Crippen LogP contribution in [0.25, 0.3) is 5.69 Å². The lowest BCUT2D eigenvalue weighted by Crippen LogP contribution is -2.27. The van der Waals surface area contributed by atoms with Crippen molar-refractivity contribution in [2.45, 2.75) is 6.54 Å². The lowest BCUT2D eigenvalue weighted by atomic mass is 10.2.